The van der Waals surface area contributed by atoms with Gasteiger partial charge in [0.1, 0.15) is 11.6 Å². The molecule has 18 heavy (non-hydrogen) atoms. The van der Waals surface area contributed by atoms with E-state index in [0.717, 1.165) is 38.5 Å². The van der Waals surface area contributed by atoms with Crippen molar-refractivity contribution in [1.82, 2.24) is 10.2 Å². The van der Waals surface area contributed by atoms with Gasteiger partial charge in [-0.15, -0.1) is 0 Å². The van der Waals surface area contributed by atoms with Crippen LogP contribution in [0, 0.1) is 11.7 Å². The van der Waals surface area contributed by atoms with Crippen molar-refractivity contribution in [3.63, 3.8) is 0 Å². The molecule has 0 spiro atoms. The Labute approximate surface area is 107 Å². The number of nitrogens with zero attached hydrogens (tertiary/aromatic N) is 1. The Morgan fingerprint density at radius 3 is 2.94 bits per heavy atom. The molecule has 2 fully saturated rings. The number of fused-ring (bicyclic) bond motifs is 1. The summed E-state index contributed by atoms with van der Waals surface area (Å²) in [6, 6.07) is 6.95. The molecule has 2 atom stereocenters. The Balaban J connectivity index is 1.50. The van der Waals surface area contributed by atoms with Crippen LogP contribution in [-0.2, 0) is 0 Å². The van der Waals surface area contributed by atoms with Crippen LogP contribution in [0.1, 0.15) is 6.42 Å². The molecular weight excluding hydrogens is 231 g/mol. The third-order valence-electron chi connectivity index (χ3n) is 3.87. The van der Waals surface area contributed by atoms with Crippen LogP contribution in [-0.4, -0.2) is 43.7 Å². The highest BCUT2D eigenvalue weighted by Gasteiger charge is 2.33. The van der Waals surface area contributed by atoms with Gasteiger partial charge in [0, 0.05) is 38.1 Å². The number of benzene rings is 1. The maximum Gasteiger partial charge on any atom is 0.123 e. The minimum absolute atomic E-state index is 0.216. The van der Waals surface area contributed by atoms with Gasteiger partial charge in [-0.1, -0.05) is 0 Å². The van der Waals surface area contributed by atoms with Crippen LogP contribution in [0.4, 0.5) is 4.39 Å². The van der Waals surface area contributed by atoms with Crippen molar-refractivity contribution < 1.29 is 9.13 Å². The van der Waals surface area contributed by atoms with E-state index in [4.69, 9.17) is 4.74 Å². The summed E-state index contributed by atoms with van der Waals surface area (Å²) in [5, 5.41) is 3.43. The van der Waals surface area contributed by atoms with Crippen LogP contribution >= 0.6 is 0 Å². The maximum absolute atomic E-state index is 12.8. The highest BCUT2D eigenvalue weighted by atomic mass is 19.1. The lowest BCUT2D eigenvalue weighted by Gasteiger charge is -2.29. The standard InChI is InChI=1S/C14H19FN2O/c15-12-1-3-14(4-2-12)18-10-11-7-13-8-16-5-6-17(13)9-11/h1-4,11,13,16H,5-10H2. The van der Waals surface area contributed by atoms with Crippen LogP contribution in [0.2, 0.25) is 0 Å². The molecule has 2 unspecified atom stereocenters. The normalized spacial score (nSPS) is 28.1. The van der Waals surface area contributed by atoms with Gasteiger partial charge in [0.05, 0.1) is 6.61 Å². The topological polar surface area (TPSA) is 24.5 Å². The van der Waals surface area contributed by atoms with Crippen LogP contribution in [0.15, 0.2) is 24.3 Å². The smallest absolute Gasteiger partial charge is 0.123 e. The first-order valence-electron chi connectivity index (χ1n) is 6.64. The van der Waals surface area contributed by atoms with Crippen molar-refractivity contribution >= 4 is 0 Å². The molecule has 0 aromatic heterocycles. The lowest BCUT2D eigenvalue weighted by molar-refractivity contribution is 0.203. The van der Waals surface area contributed by atoms with Crippen molar-refractivity contribution in [2.45, 2.75) is 12.5 Å². The second-order valence-corrected chi connectivity index (χ2v) is 5.22. The summed E-state index contributed by atoms with van der Waals surface area (Å²) >= 11 is 0. The average molecular weight is 250 g/mol. The number of nitrogens with one attached hydrogen (secondary N) is 1. The molecule has 98 valence electrons. The maximum atomic E-state index is 12.8. The predicted octanol–water partition coefficient (Wildman–Crippen LogP) is 1.50. The molecule has 0 saturated carbocycles. The summed E-state index contributed by atoms with van der Waals surface area (Å²) in [6.45, 7) is 5.22. The quantitative estimate of drug-likeness (QED) is 0.880. The minimum atomic E-state index is -0.216. The molecule has 2 aliphatic heterocycles. The molecule has 3 nitrogen and oxygen atoms in total. The van der Waals surface area contributed by atoms with Gasteiger partial charge in [0.15, 0.2) is 0 Å². The molecule has 0 aliphatic carbocycles. The average Bonchev–Trinajstić information content (AvgIpc) is 2.81. The molecule has 3 rings (SSSR count). The van der Waals surface area contributed by atoms with E-state index in [2.05, 4.69) is 10.2 Å². The Morgan fingerprint density at radius 2 is 2.17 bits per heavy atom. The first-order chi connectivity index (χ1) is 8.81. The molecule has 0 amide bonds. The third kappa shape index (κ3) is 2.65. The van der Waals surface area contributed by atoms with Gasteiger partial charge >= 0.3 is 0 Å². The lowest BCUT2D eigenvalue weighted by atomic mass is 10.1. The van der Waals surface area contributed by atoms with Crippen molar-refractivity contribution in [1.29, 1.82) is 0 Å². The highest BCUT2D eigenvalue weighted by molar-refractivity contribution is 5.22. The summed E-state index contributed by atoms with van der Waals surface area (Å²) in [4.78, 5) is 2.55. The minimum Gasteiger partial charge on any atom is -0.493 e. The predicted molar refractivity (Wildman–Crippen MR) is 68.2 cm³/mol. The van der Waals surface area contributed by atoms with Crippen molar-refractivity contribution in [3.05, 3.63) is 30.1 Å². The van der Waals surface area contributed by atoms with Gasteiger partial charge in [-0.05, 0) is 30.7 Å². The molecule has 2 saturated heterocycles. The molecular formula is C14H19FN2O. The molecule has 2 aliphatic rings. The van der Waals surface area contributed by atoms with E-state index in [1.807, 2.05) is 0 Å². The Morgan fingerprint density at radius 1 is 1.33 bits per heavy atom. The molecule has 0 bridgehead atoms. The van der Waals surface area contributed by atoms with E-state index in [1.54, 1.807) is 12.1 Å². The summed E-state index contributed by atoms with van der Waals surface area (Å²) in [7, 11) is 0. The van der Waals surface area contributed by atoms with E-state index in [9.17, 15) is 4.39 Å². The molecule has 1 aromatic rings. The zero-order valence-electron chi connectivity index (χ0n) is 10.4. The first-order valence-corrected chi connectivity index (χ1v) is 6.64. The van der Waals surface area contributed by atoms with Gasteiger partial charge in [-0.25, -0.2) is 4.39 Å². The fourth-order valence-electron chi connectivity index (χ4n) is 2.93. The second-order valence-electron chi connectivity index (χ2n) is 5.22. The molecule has 4 heteroatoms. The molecule has 1 aromatic carbocycles. The first kappa shape index (κ1) is 11.9. The summed E-state index contributed by atoms with van der Waals surface area (Å²) < 4.78 is 18.5. The van der Waals surface area contributed by atoms with E-state index < -0.39 is 0 Å². The Bertz CT molecular complexity index is 381. The zero-order chi connectivity index (χ0) is 12.4. The molecule has 2 heterocycles. The Kier molecular flexibility index (Phi) is 3.48. The van der Waals surface area contributed by atoms with Crippen molar-refractivity contribution in [2.75, 3.05) is 32.8 Å². The molecule has 1 N–H and O–H groups in total. The van der Waals surface area contributed by atoms with E-state index in [0.29, 0.717) is 12.0 Å². The summed E-state index contributed by atoms with van der Waals surface area (Å²) in [6.07, 6.45) is 1.20. The number of ether oxygens (including phenoxy) is 1. The highest BCUT2D eigenvalue weighted by Crippen LogP contribution is 2.25. The van der Waals surface area contributed by atoms with E-state index in [-0.39, 0.29) is 5.82 Å². The van der Waals surface area contributed by atoms with Crippen molar-refractivity contribution in [3.8, 4) is 5.75 Å². The largest absolute Gasteiger partial charge is 0.493 e. The van der Waals surface area contributed by atoms with E-state index in [1.165, 1.54) is 18.6 Å². The summed E-state index contributed by atoms with van der Waals surface area (Å²) in [5.74, 6) is 1.14. The monoisotopic (exact) mass is 250 g/mol. The van der Waals surface area contributed by atoms with Crippen LogP contribution in [0.5, 0.6) is 5.75 Å². The third-order valence-corrected chi connectivity index (χ3v) is 3.87. The number of hydrogen-bond donors (Lipinski definition) is 1. The van der Waals surface area contributed by atoms with Crippen molar-refractivity contribution in [2.24, 2.45) is 5.92 Å². The van der Waals surface area contributed by atoms with E-state index >= 15 is 0 Å². The fraction of sp³-hybridized carbons (Fsp3) is 0.571. The lowest BCUT2D eigenvalue weighted by Crippen LogP contribution is -2.47. The number of rotatable bonds is 3. The zero-order valence-corrected chi connectivity index (χ0v) is 10.4. The number of halogens is 1. The number of piperazine rings is 1. The van der Waals surface area contributed by atoms with Crippen LogP contribution < -0.4 is 10.1 Å². The SMILES string of the molecule is Fc1ccc(OCC2CC3CNCCN3C2)cc1. The molecule has 0 radical (unpaired) electrons. The van der Waals surface area contributed by atoms with Crippen LogP contribution in [0.25, 0.3) is 0 Å². The number of hydrogen-bond acceptors (Lipinski definition) is 3. The van der Waals surface area contributed by atoms with Gasteiger partial charge in [-0.2, -0.15) is 0 Å². The second kappa shape index (κ2) is 5.24. The van der Waals surface area contributed by atoms with Gasteiger partial charge in [0.25, 0.3) is 0 Å². The van der Waals surface area contributed by atoms with Gasteiger partial charge in [0.2, 0.25) is 0 Å². The summed E-state index contributed by atoms with van der Waals surface area (Å²) in [5.41, 5.74) is 0. The fourth-order valence-corrected chi connectivity index (χ4v) is 2.93. The Hall–Kier alpha value is -1.13. The van der Waals surface area contributed by atoms with Crippen LogP contribution in [0.3, 0.4) is 0 Å². The van der Waals surface area contributed by atoms with Gasteiger partial charge in [-0.3, -0.25) is 4.90 Å². The van der Waals surface area contributed by atoms with Gasteiger partial charge < -0.3 is 10.1 Å².